The molecule has 1 rings (SSSR count). The third kappa shape index (κ3) is 1.96. The molecule has 0 amide bonds. The molecule has 0 saturated carbocycles. The first-order valence-corrected chi connectivity index (χ1v) is 3.90. The molecule has 1 aromatic rings. The topological polar surface area (TPSA) is 32.5 Å². The van der Waals surface area contributed by atoms with Crippen molar-refractivity contribution in [2.45, 2.75) is 6.92 Å². The highest BCUT2D eigenvalue weighted by Gasteiger charge is 2.00. The van der Waals surface area contributed by atoms with Crippen molar-refractivity contribution in [3.8, 4) is 0 Å². The van der Waals surface area contributed by atoms with Gasteiger partial charge in [-0.25, -0.2) is 0 Å². The molecule has 0 saturated heterocycles. The van der Waals surface area contributed by atoms with Crippen LogP contribution in [0.3, 0.4) is 0 Å². The van der Waals surface area contributed by atoms with Crippen molar-refractivity contribution in [1.82, 2.24) is 5.12 Å². The van der Waals surface area contributed by atoms with E-state index in [9.17, 15) is 0 Å². The Hall–Kier alpha value is -1.06. The number of hydrogen-bond donors (Lipinski definition) is 1. The first kappa shape index (κ1) is 9.03. The van der Waals surface area contributed by atoms with Crippen molar-refractivity contribution in [3.05, 3.63) is 29.8 Å². The van der Waals surface area contributed by atoms with Crippen LogP contribution in [-0.4, -0.2) is 19.2 Å². The van der Waals surface area contributed by atoms with Crippen LogP contribution >= 0.6 is 0 Å². The summed E-state index contributed by atoms with van der Waals surface area (Å²) in [6, 6.07) is 8.21. The number of aryl methyl sites for hydroxylation is 1. The lowest BCUT2D eigenvalue weighted by Gasteiger charge is -2.25. The molecule has 0 aromatic heterocycles. The fourth-order valence-corrected chi connectivity index (χ4v) is 0.943. The van der Waals surface area contributed by atoms with Gasteiger partial charge in [0.15, 0.2) is 0 Å². The summed E-state index contributed by atoms with van der Waals surface area (Å²) in [7, 11) is 3.73. The smallest absolute Gasteiger partial charge is 0.0532 e. The Bertz CT molecular complexity index is 240. The van der Waals surface area contributed by atoms with Crippen molar-refractivity contribution in [2.24, 2.45) is 5.84 Å². The molecule has 0 unspecified atom stereocenters. The Morgan fingerprint density at radius 3 is 2.00 bits per heavy atom. The van der Waals surface area contributed by atoms with Crippen LogP contribution in [0, 0.1) is 6.92 Å². The Balaban J connectivity index is 2.82. The third-order valence-electron chi connectivity index (χ3n) is 1.88. The number of benzene rings is 1. The van der Waals surface area contributed by atoms with Gasteiger partial charge in [-0.15, -0.1) is 0 Å². The summed E-state index contributed by atoms with van der Waals surface area (Å²) in [5, 5.41) is 3.42. The van der Waals surface area contributed by atoms with E-state index in [4.69, 9.17) is 5.84 Å². The van der Waals surface area contributed by atoms with Gasteiger partial charge in [0.2, 0.25) is 0 Å². The molecule has 0 aliphatic heterocycles. The monoisotopic (exact) mass is 165 g/mol. The maximum Gasteiger partial charge on any atom is 0.0532 e. The quantitative estimate of drug-likeness (QED) is 0.527. The standard InChI is InChI=1S/C9H15N3/c1-8-4-6-9(7-5-8)11(2)12(3)10/h4-7H,10H2,1-3H3. The Kier molecular flexibility index (Phi) is 2.68. The molecule has 2 N–H and O–H groups in total. The van der Waals surface area contributed by atoms with Gasteiger partial charge in [-0.1, -0.05) is 17.7 Å². The van der Waals surface area contributed by atoms with Crippen LogP contribution in [0.5, 0.6) is 0 Å². The predicted molar refractivity (Wildman–Crippen MR) is 51.5 cm³/mol. The van der Waals surface area contributed by atoms with E-state index in [2.05, 4.69) is 19.1 Å². The molecule has 0 radical (unpaired) electrons. The average Bonchev–Trinajstić information content (AvgIpc) is 2.04. The molecular weight excluding hydrogens is 150 g/mol. The summed E-state index contributed by atoms with van der Waals surface area (Å²) in [6.45, 7) is 2.07. The van der Waals surface area contributed by atoms with Crippen molar-refractivity contribution in [1.29, 1.82) is 0 Å². The molecule has 66 valence electrons. The highest BCUT2D eigenvalue weighted by Crippen LogP contribution is 2.12. The number of hydrogen-bond acceptors (Lipinski definition) is 3. The van der Waals surface area contributed by atoms with Gasteiger partial charge < -0.3 is 0 Å². The van der Waals surface area contributed by atoms with Gasteiger partial charge in [-0.3, -0.25) is 10.9 Å². The van der Waals surface area contributed by atoms with Gasteiger partial charge in [-0.2, -0.15) is 5.12 Å². The van der Waals surface area contributed by atoms with Gasteiger partial charge >= 0.3 is 0 Å². The van der Waals surface area contributed by atoms with Gasteiger partial charge in [0.1, 0.15) is 0 Å². The molecular formula is C9H15N3. The van der Waals surface area contributed by atoms with Crippen LogP contribution in [0.1, 0.15) is 5.56 Å². The summed E-state index contributed by atoms with van der Waals surface area (Å²) < 4.78 is 0. The summed E-state index contributed by atoms with van der Waals surface area (Å²) in [6.07, 6.45) is 0. The maximum atomic E-state index is 5.57. The lowest BCUT2D eigenvalue weighted by molar-refractivity contribution is 0.338. The fraction of sp³-hybridized carbons (Fsp3) is 0.333. The first-order valence-electron chi connectivity index (χ1n) is 3.90. The lowest BCUT2D eigenvalue weighted by Crippen LogP contribution is -2.41. The number of nitrogens with zero attached hydrogens (tertiary/aromatic N) is 2. The predicted octanol–water partition coefficient (Wildman–Crippen LogP) is 1.15. The van der Waals surface area contributed by atoms with E-state index in [0.29, 0.717) is 0 Å². The third-order valence-corrected chi connectivity index (χ3v) is 1.88. The van der Waals surface area contributed by atoms with E-state index in [-0.39, 0.29) is 0 Å². The molecule has 3 heteroatoms. The van der Waals surface area contributed by atoms with Crippen LogP contribution in [-0.2, 0) is 0 Å². The molecule has 0 spiro atoms. The van der Waals surface area contributed by atoms with Gasteiger partial charge in [-0.05, 0) is 19.1 Å². The van der Waals surface area contributed by atoms with Crippen molar-refractivity contribution < 1.29 is 0 Å². The number of hydrazine groups is 2. The highest BCUT2D eigenvalue weighted by molar-refractivity contribution is 5.45. The van der Waals surface area contributed by atoms with E-state index in [1.54, 1.807) is 12.2 Å². The Morgan fingerprint density at radius 1 is 1.08 bits per heavy atom. The summed E-state index contributed by atoms with van der Waals surface area (Å²) in [5.41, 5.74) is 2.34. The largest absolute Gasteiger partial charge is 0.296 e. The van der Waals surface area contributed by atoms with Crippen molar-refractivity contribution in [3.63, 3.8) is 0 Å². The minimum absolute atomic E-state index is 1.09. The maximum absolute atomic E-state index is 5.57. The molecule has 1 aromatic carbocycles. The minimum atomic E-state index is 1.09. The van der Waals surface area contributed by atoms with Crippen LogP contribution in [0.4, 0.5) is 5.69 Å². The van der Waals surface area contributed by atoms with E-state index in [1.165, 1.54) is 5.56 Å². The molecule has 0 fully saturated rings. The second kappa shape index (κ2) is 3.56. The highest BCUT2D eigenvalue weighted by atomic mass is 15.7. The Labute approximate surface area is 73.3 Å². The number of nitrogens with two attached hydrogens (primary N) is 1. The molecule has 0 bridgehead atoms. The van der Waals surface area contributed by atoms with Gasteiger partial charge in [0, 0.05) is 14.1 Å². The molecule has 0 heterocycles. The van der Waals surface area contributed by atoms with E-state index < -0.39 is 0 Å². The van der Waals surface area contributed by atoms with Crippen LogP contribution in [0.2, 0.25) is 0 Å². The summed E-state index contributed by atoms with van der Waals surface area (Å²) in [4.78, 5) is 0. The molecule has 0 aliphatic rings. The average molecular weight is 165 g/mol. The summed E-state index contributed by atoms with van der Waals surface area (Å²) >= 11 is 0. The van der Waals surface area contributed by atoms with Crippen molar-refractivity contribution >= 4 is 5.69 Å². The van der Waals surface area contributed by atoms with Crippen LogP contribution in [0.15, 0.2) is 24.3 Å². The first-order chi connectivity index (χ1) is 5.61. The summed E-state index contributed by atoms with van der Waals surface area (Å²) in [5.74, 6) is 5.57. The van der Waals surface area contributed by atoms with Gasteiger partial charge in [0.05, 0.1) is 5.69 Å². The molecule has 0 atom stereocenters. The van der Waals surface area contributed by atoms with Crippen LogP contribution < -0.4 is 10.9 Å². The van der Waals surface area contributed by atoms with E-state index >= 15 is 0 Å². The second-order valence-corrected chi connectivity index (χ2v) is 2.93. The fourth-order valence-electron chi connectivity index (χ4n) is 0.943. The molecule has 3 nitrogen and oxygen atoms in total. The van der Waals surface area contributed by atoms with Crippen LogP contribution in [0.25, 0.3) is 0 Å². The van der Waals surface area contributed by atoms with E-state index in [1.807, 2.05) is 24.2 Å². The minimum Gasteiger partial charge on any atom is -0.296 e. The second-order valence-electron chi connectivity index (χ2n) is 2.93. The Morgan fingerprint density at radius 2 is 1.58 bits per heavy atom. The number of anilines is 1. The SMILES string of the molecule is Cc1ccc(N(C)N(C)N)cc1. The number of rotatable bonds is 2. The van der Waals surface area contributed by atoms with Gasteiger partial charge in [0.25, 0.3) is 0 Å². The molecule has 0 aliphatic carbocycles. The van der Waals surface area contributed by atoms with E-state index in [0.717, 1.165) is 5.69 Å². The lowest BCUT2D eigenvalue weighted by atomic mass is 10.2. The molecule has 12 heavy (non-hydrogen) atoms. The zero-order valence-electron chi connectivity index (χ0n) is 7.78. The van der Waals surface area contributed by atoms with Crippen molar-refractivity contribution in [2.75, 3.05) is 19.1 Å². The zero-order valence-corrected chi connectivity index (χ0v) is 7.78. The zero-order chi connectivity index (χ0) is 9.14. The normalized spacial score (nSPS) is 10.4.